The Labute approximate surface area is 108 Å². The molecule has 0 bridgehead atoms. The second-order valence-corrected chi connectivity index (χ2v) is 3.40. The number of ether oxygens (including phenoxy) is 1. The molecule has 10 heteroatoms. The predicted molar refractivity (Wildman–Crippen MR) is 51.9 cm³/mol. The zero-order chi connectivity index (χ0) is 15.5. The van der Waals surface area contributed by atoms with E-state index in [1.165, 1.54) is 6.07 Å². The summed E-state index contributed by atoms with van der Waals surface area (Å²) in [6.45, 7) is 0. The lowest BCUT2D eigenvalue weighted by molar-refractivity contribution is -0.275. The molecule has 0 aromatic carbocycles. The van der Waals surface area contributed by atoms with Crippen molar-refractivity contribution in [2.75, 3.05) is 0 Å². The van der Waals surface area contributed by atoms with Crippen LogP contribution >= 0.6 is 0 Å². The number of aromatic nitrogens is 1. The van der Waals surface area contributed by atoms with Crippen LogP contribution in [0.4, 0.5) is 22.0 Å². The van der Waals surface area contributed by atoms with Crippen molar-refractivity contribution in [1.29, 1.82) is 5.26 Å². The molecule has 0 spiro atoms. The monoisotopic (exact) mass is 296 g/mol. The van der Waals surface area contributed by atoms with Gasteiger partial charge in [-0.3, -0.25) is 4.79 Å². The first-order chi connectivity index (χ1) is 9.15. The maximum Gasteiger partial charge on any atom is 0.573 e. The van der Waals surface area contributed by atoms with Crippen molar-refractivity contribution < 1.29 is 36.6 Å². The van der Waals surface area contributed by atoms with Crippen molar-refractivity contribution in [2.24, 2.45) is 0 Å². The minimum atomic E-state index is -5.31. The van der Waals surface area contributed by atoms with Gasteiger partial charge in [0.15, 0.2) is 0 Å². The molecule has 1 aromatic heterocycles. The highest BCUT2D eigenvalue weighted by Gasteiger charge is 2.36. The SMILES string of the molecule is N#Cc1ncc(C(F)F)c(OC(F)(F)F)c1CC(=O)O. The summed E-state index contributed by atoms with van der Waals surface area (Å²) < 4.78 is 65.4. The van der Waals surface area contributed by atoms with Crippen LogP contribution in [-0.4, -0.2) is 22.4 Å². The van der Waals surface area contributed by atoms with Crippen LogP contribution in [0.15, 0.2) is 6.20 Å². The van der Waals surface area contributed by atoms with Gasteiger partial charge in [-0.1, -0.05) is 0 Å². The molecule has 0 aliphatic carbocycles. The molecule has 20 heavy (non-hydrogen) atoms. The van der Waals surface area contributed by atoms with E-state index in [0.29, 0.717) is 6.20 Å². The molecule has 108 valence electrons. The van der Waals surface area contributed by atoms with Gasteiger partial charge in [-0.15, -0.1) is 13.2 Å². The van der Waals surface area contributed by atoms with Gasteiger partial charge in [-0.05, 0) is 0 Å². The first kappa shape index (κ1) is 15.6. The van der Waals surface area contributed by atoms with E-state index in [2.05, 4.69) is 9.72 Å². The number of hydrogen-bond acceptors (Lipinski definition) is 4. The molecule has 0 unspecified atom stereocenters. The first-order valence-electron chi connectivity index (χ1n) is 4.83. The third kappa shape index (κ3) is 3.78. The molecular formula is C10H5F5N2O3. The van der Waals surface area contributed by atoms with Gasteiger partial charge >= 0.3 is 12.3 Å². The average Bonchev–Trinajstić information content (AvgIpc) is 2.28. The van der Waals surface area contributed by atoms with E-state index in [1.54, 1.807) is 0 Å². The Balaban J connectivity index is 3.52. The van der Waals surface area contributed by atoms with Crippen LogP contribution in [0.2, 0.25) is 0 Å². The Hall–Kier alpha value is -2.44. The van der Waals surface area contributed by atoms with E-state index in [4.69, 9.17) is 10.4 Å². The molecule has 0 radical (unpaired) electrons. The smallest absolute Gasteiger partial charge is 0.481 e. The average molecular weight is 296 g/mol. The van der Waals surface area contributed by atoms with Crippen LogP contribution in [0.1, 0.15) is 23.2 Å². The van der Waals surface area contributed by atoms with Gasteiger partial charge in [-0.2, -0.15) is 5.26 Å². The molecule has 0 fully saturated rings. The maximum atomic E-state index is 12.6. The summed E-state index contributed by atoms with van der Waals surface area (Å²) in [5.74, 6) is -3.02. The molecule has 0 aliphatic heterocycles. The number of carboxylic acid groups (broad SMARTS) is 1. The zero-order valence-corrected chi connectivity index (χ0v) is 9.41. The Morgan fingerprint density at radius 2 is 2.10 bits per heavy atom. The van der Waals surface area contributed by atoms with Gasteiger partial charge in [0.1, 0.15) is 17.5 Å². The summed E-state index contributed by atoms with van der Waals surface area (Å²) >= 11 is 0. The van der Waals surface area contributed by atoms with E-state index >= 15 is 0 Å². The summed E-state index contributed by atoms with van der Waals surface area (Å²) in [6, 6.07) is 1.33. The molecule has 0 amide bonds. The lowest BCUT2D eigenvalue weighted by Crippen LogP contribution is -2.21. The highest BCUT2D eigenvalue weighted by Crippen LogP contribution is 2.36. The van der Waals surface area contributed by atoms with Crippen LogP contribution in [0.25, 0.3) is 0 Å². The van der Waals surface area contributed by atoms with Gasteiger partial charge in [0.25, 0.3) is 6.43 Å². The van der Waals surface area contributed by atoms with E-state index in [9.17, 15) is 26.7 Å². The predicted octanol–water partition coefficient (Wildman–Crippen LogP) is 2.42. The van der Waals surface area contributed by atoms with E-state index in [-0.39, 0.29) is 0 Å². The van der Waals surface area contributed by atoms with E-state index in [0.717, 1.165) is 0 Å². The first-order valence-corrected chi connectivity index (χ1v) is 4.83. The van der Waals surface area contributed by atoms with Gasteiger partial charge in [0.05, 0.1) is 12.0 Å². The summed E-state index contributed by atoms with van der Waals surface area (Å²) in [6.07, 6.45) is -9.46. The van der Waals surface area contributed by atoms with Crippen molar-refractivity contribution in [2.45, 2.75) is 19.2 Å². The summed E-state index contributed by atoms with van der Waals surface area (Å²) in [4.78, 5) is 13.8. The molecule has 1 N–H and O–H groups in total. The van der Waals surface area contributed by atoms with E-state index in [1.807, 2.05) is 0 Å². The number of alkyl halides is 5. The molecular weight excluding hydrogens is 291 g/mol. The fraction of sp³-hybridized carbons (Fsp3) is 0.300. The van der Waals surface area contributed by atoms with E-state index < -0.39 is 47.7 Å². The number of pyridine rings is 1. The Bertz CT molecular complexity index is 565. The van der Waals surface area contributed by atoms with Gasteiger partial charge in [0.2, 0.25) is 0 Å². The molecule has 1 aromatic rings. The third-order valence-corrected chi connectivity index (χ3v) is 2.04. The highest BCUT2D eigenvalue weighted by molar-refractivity contribution is 5.73. The van der Waals surface area contributed by atoms with Crippen molar-refractivity contribution in [1.82, 2.24) is 4.98 Å². The Morgan fingerprint density at radius 3 is 2.50 bits per heavy atom. The summed E-state index contributed by atoms with van der Waals surface area (Å²) in [7, 11) is 0. The number of nitrogens with zero attached hydrogens (tertiary/aromatic N) is 2. The van der Waals surface area contributed by atoms with Crippen LogP contribution in [0.3, 0.4) is 0 Å². The summed E-state index contributed by atoms with van der Waals surface area (Å²) in [5.41, 5.74) is -2.82. The number of hydrogen-bond donors (Lipinski definition) is 1. The highest BCUT2D eigenvalue weighted by atomic mass is 19.4. The Morgan fingerprint density at radius 1 is 1.50 bits per heavy atom. The summed E-state index contributed by atoms with van der Waals surface area (Å²) in [5, 5.41) is 17.2. The number of rotatable bonds is 4. The lowest BCUT2D eigenvalue weighted by atomic mass is 10.1. The van der Waals surface area contributed by atoms with Crippen molar-refractivity contribution in [3.8, 4) is 11.8 Å². The maximum absolute atomic E-state index is 12.6. The van der Waals surface area contributed by atoms with Gasteiger partial charge in [0, 0.05) is 11.8 Å². The molecule has 0 saturated heterocycles. The fourth-order valence-corrected chi connectivity index (χ4v) is 1.36. The number of aliphatic carboxylic acids is 1. The molecule has 0 aliphatic rings. The third-order valence-electron chi connectivity index (χ3n) is 2.04. The number of carboxylic acids is 1. The van der Waals surface area contributed by atoms with Crippen LogP contribution in [0, 0.1) is 11.3 Å². The van der Waals surface area contributed by atoms with Crippen molar-refractivity contribution in [3.05, 3.63) is 23.0 Å². The quantitative estimate of drug-likeness (QED) is 0.863. The number of carbonyl (C=O) groups is 1. The molecule has 0 atom stereocenters. The van der Waals surface area contributed by atoms with Crippen LogP contribution < -0.4 is 4.74 Å². The van der Waals surface area contributed by atoms with Gasteiger partial charge in [-0.25, -0.2) is 13.8 Å². The van der Waals surface area contributed by atoms with Crippen LogP contribution in [0.5, 0.6) is 5.75 Å². The standard InChI is InChI=1S/C10H5F5N2O3/c11-9(12)5-3-17-6(2-16)4(1-7(18)19)8(5)20-10(13,14)15/h3,9H,1H2,(H,18,19). The normalized spacial score (nSPS) is 11.2. The second kappa shape index (κ2) is 5.68. The van der Waals surface area contributed by atoms with Crippen LogP contribution in [-0.2, 0) is 11.2 Å². The molecule has 1 rings (SSSR count). The largest absolute Gasteiger partial charge is 0.573 e. The topological polar surface area (TPSA) is 83.2 Å². The minimum absolute atomic E-state index is 0.343. The van der Waals surface area contributed by atoms with Crippen molar-refractivity contribution in [3.63, 3.8) is 0 Å². The van der Waals surface area contributed by atoms with Crippen molar-refractivity contribution >= 4 is 5.97 Å². The minimum Gasteiger partial charge on any atom is -0.481 e. The van der Waals surface area contributed by atoms with Gasteiger partial charge < -0.3 is 9.84 Å². The molecule has 5 nitrogen and oxygen atoms in total. The number of nitriles is 1. The molecule has 0 saturated carbocycles. The molecule has 1 heterocycles. The Kier molecular flexibility index (Phi) is 4.44. The second-order valence-electron chi connectivity index (χ2n) is 3.40. The fourth-order valence-electron chi connectivity index (χ4n) is 1.36. The zero-order valence-electron chi connectivity index (χ0n) is 9.41. The lowest BCUT2D eigenvalue weighted by Gasteiger charge is -2.16. The number of halogens is 5.